The number of carbonyl (C=O) groups excluding carboxylic acids is 2. The monoisotopic (exact) mass is 505 g/mol. The standard InChI is InChI=1S/C20H13BrClN3O4S/c21-11-3-6-16-14(8-11)19(17-2-1-7-30-17)24(10-18(26)23-16)20(27)13-9-12(25(28)29)4-5-15(13)22/h1-9,19H,10H2,(H,23,26). The van der Waals surface area contributed by atoms with Crippen molar-refractivity contribution in [2.45, 2.75) is 6.04 Å². The third-order valence-electron chi connectivity index (χ3n) is 4.67. The molecule has 2 aromatic carbocycles. The number of non-ortho nitro benzene ring substituents is 1. The van der Waals surface area contributed by atoms with Crippen LogP contribution in [0.25, 0.3) is 0 Å². The summed E-state index contributed by atoms with van der Waals surface area (Å²) in [5.41, 5.74) is 1.05. The molecule has 10 heteroatoms. The average Bonchev–Trinajstić information content (AvgIpc) is 3.18. The molecule has 4 rings (SSSR count). The molecule has 0 saturated heterocycles. The summed E-state index contributed by atoms with van der Waals surface area (Å²) in [5.74, 6) is -0.933. The number of anilines is 1. The molecule has 7 nitrogen and oxygen atoms in total. The van der Waals surface area contributed by atoms with Crippen LogP contribution in [0.5, 0.6) is 0 Å². The summed E-state index contributed by atoms with van der Waals surface area (Å²) in [6.45, 7) is -0.229. The molecule has 152 valence electrons. The normalized spacial score (nSPS) is 15.9. The first-order chi connectivity index (χ1) is 14.3. The van der Waals surface area contributed by atoms with Gasteiger partial charge in [0.1, 0.15) is 6.54 Å². The van der Waals surface area contributed by atoms with Crippen LogP contribution in [0, 0.1) is 10.1 Å². The van der Waals surface area contributed by atoms with Crippen LogP contribution in [0.4, 0.5) is 11.4 Å². The summed E-state index contributed by atoms with van der Waals surface area (Å²) in [5, 5.41) is 16.0. The Bertz CT molecular complexity index is 1170. The van der Waals surface area contributed by atoms with E-state index in [4.69, 9.17) is 11.6 Å². The van der Waals surface area contributed by atoms with Crippen LogP contribution in [-0.4, -0.2) is 28.2 Å². The van der Waals surface area contributed by atoms with Gasteiger partial charge in [-0.3, -0.25) is 19.7 Å². The van der Waals surface area contributed by atoms with Gasteiger partial charge in [0.15, 0.2) is 0 Å². The van der Waals surface area contributed by atoms with Gasteiger partial charge >= 0.3 is 0 Å². The topological polar surface area (TPSA) is 92.5 Å². The number of hydrogen-bond acceptors (Lipinski definition) is 5. The Balaban J connectivity index is 1.89. The maximum Gasteiger partial charge on any atom is 0.270 e. The van der Waals surface area contributed by atoms with Gasteiger partial charge < -0.3 is 10.2 Å². The van der Waals surface area contributed by atoms with Crippen molar-refractivity contribution in [3.05, 3.63) is 89.5 Å². The van der Waals surface area contributed by atoms with Gasteiger partial charge in [0, 0.05) is 32.7 Å². The number of halogens is 2. The highest BCUT2D eigenvalue weighted by Gasteiger charge is 2.35. The van der Waals surface area contributed by atoms with E-state index in [0.29, 0.717) is 5.69 Å². The first-order valence-corrected chi connectivity index (χ1v) is 10.8. The zero-order chi connectivity index (χ0) is 21.4. The van der Waals surface area contributed by atoms with Crippen molar-refractivity contribution in [2.24, 2.45) is 0 Å². The molecule has 3 aromatic rings. The molecule has 1 aliphatic rings. The summed E-state index contributed by atoms with van der Waals surface area (Å²) in [4.78, 5) is 39.0. The fraction of sp³-hybridized carbons (Fsp3) is 0.100. The molecule has 0 fully saturated rings. The van der Waals surface area contributed by atoms with Gasteiger partial charge in [-0.25, -0.2) is 0 Å². The van der Waals surface area contributed by atoms with Crippen LogP contribution in [0.1, 0.15) is 26.8 Å². The number of thiophene rings is 1. The maximum absolute atomic E-state index is 13.5. The van der Waals surface area contributed by atoms with Gasteiger partial charge in [0.2, 0.25) is 5.91 Å². The SMILES string of the molecule is O=C1CN(C(=O)c2cc([N+](=O)[O-])ccc2Cl)C(c2cccs2)c2cc(Br)ccc2N1. The molecule has 0 radical (unpaired) electrons. The fourth-order valence-electron chi connectivity index (χ4n) is 3.37. The van der Waals surface area contributed by atoms with E-state index in [1.165, 1.54) is 28.4 Å². The summed E-state index contributed by atoms with van der Waals surface area (Å²) >= 11 is 11.1. The molecule has 2 heterocycles. The lowest BCUT2D eigenvalue weighted by Crippen LogP contribution is -2.38. The number of benzene rings is 2. The van der Waals surface area contributed by atoms with Crippen molar-refractivity contribution in [3.63, 3.8) is 0 Å². The van der Waals surface area contributed by atoms with E-state index < -0.39 is 16.9 Å². The first kappa shape index (κ1) is 20.5. The van der Waals surface area contributed by atoms with Crippen LogP contribution in [0.3, 0.4) is 0 Å². The van der Waals surface area contributed by atoms with Crippen LogP contribution in [-0.2, 0) is 4.79 Å². The number of fused-ring (bicyclic) bond motifs is 1. The Morgan fingerprint density at radius 1 is 1.27 bits per heavy atom. The summed E-state index contributed by atoms with van der Waals surface area (Å²) < 4.78 is 0.791. The summed E-state index contributed by atoms with van der Waals surface area (Å²) in [7, 11) is 0. The van der Waals surface area contributed by atoms with Crippen molar-refractivity contribution >= 4 is 62.1 Å². The Morgan fingerprint density at radius 2 is 2.07 bits per heavy atom. The highest BCUT2D eigenvalue weighted by Crippen LogP contribution is 2.40. The molecule has 2 amide bonds. The van der Waals surface area contributed by atoms with Gasteiger partial charge in [-0.1, -0.05) is 33.6 Å². The molecule has 30 heavy (non-hydrogen) atoms. The third kappa shape index (κ3) is 3.83. The molecule has 1 aromatic heterocycles. The molecule has 0 aliphatic carbocycles. The Kier molecular flexibility index (Phi) is 5.59. The van der Waals surface area contributed by atoms with Crippen LogP contribution in [0.15, 0.2) is 58.4 Å². The van der Waals surface area contributed by atoms with E-state index in [1.807, 2.05) is 23.6 Å². The van der Waals surface area contributed by atoms with Crippen molar-refractivity contribution in [2.75, 3.05) is 11.9 Å². The molecule has 0 spiro atoms. The van der Waals surface area contributed by atoms with Gasteiger partial charge in [0.05, 0.1) is 21.6 Å². The third-order valence-corrected chi connectivity index (χ3v) is 6.42. The minimum absolute atomic E-state index is 0.0290. The van der Waals surface area contributed by atoms with Gasteiger partial charge in [0.25, 0.3) is 11.6 Å². The van der Waals surface area contributed by atoms with E-state index in [-0.39, 0.29) is 28.7 Å². The number of nitro groups is 1. The number of hydrogen-bond donors (Lipinski definition) is 1. The highest BCUT2D eigenvalue weighted by atomic mass is 79.9. The Morgan fingerprint density at radius 3 is 2.77 bits per heavy atom. The second-order valence-corrected chi connectivity index (χ2v) is 8.85. The van der Waals surface area contributed by atoms with E-state index in [2.05, 4.69) is 21.2 Å². The number of rotatable bonds is 3. The molecular weight excluding hydrogens is 494 g/mol. The zero-order valence-corrected chi connectivity index (χ0v) is 18.3. The Hall–Kier alpha value is -2.75. The maximum atomic E-state index is 13.5. The zero-order valence-electron chi connectivity index (χ0n) is 15.2. The minimum Gasteiger partial charge on any atom is -0.324 e. The van der Waals surface area contributed by atoms with Crippen LogP contribution < -0.4 is 5.32 Å². The number of carbonyl (C=O) groups is 2. The minimum atomic E-state index is -0.592. The highest BCUT2D eigenvalue weighted by molar-refractivity contribution is 9.10. The van der Waals surface area contributed by atoms with Gasteiger partial charge in [-0.15, -0.1) is 11.3 Å². The molecular formula is C20H13BrClN3O4S. The quantitative estimate of drug-likeness (QED) is 0.387. The molecule has 1 unspecified atom stereocenters. The van der Waals surface area contributed by atoms with E-state index >= 15 is 0 Å². The predicted octanol–water partition coefficient (Wildman–Crippen LogP) is 5.26. The van der Waals surface area contributed by atoms with E-state index in [1.54, 1.807) is 12.1 Å². The van der Waals surface area contributed by atoms with Gasteiger partial charge in [-0.05, 0) is 35.7 Å². The molecule has 1 atom stereocenters. The van der Waals surface area contributed by atoms with Gasteiger partial charge in [-0.2, -0.15) is 0 Å². The van der Waals surface area contributed by atoms with Crippen molar-refractivity contribution < 1.29 is 14.5 Å². The molecule has 1 aliphatic heterocycles. The second-order valence-electron chi connectivity index (χ2n) is 6.55. The molecule has 1 N–H and O–H groups in total. The van der Waals surface area contributed by atoms with Crippen molar-refractivity contribution in [3.8, 4) is 0 Å². The van der Waals surface area contributed by atoms with Crippen molar-refractivity contribution in [1.29, 1.82) is 0 Å². The van der Waals surface area contributed by atoms with Crippen molar-refractivity contribution in [1.82, 2.24) is 4.90 Å². The number of amides is 2. The van der Waals surface area contributed by atoms with E-state index in [0.717, 1.165) is 21.0 Å². The smallest absolute Gasteiger partial charge is 0.270 e. The van der Waals surface area contributed by atoms with E-state index in [9.17, 15) is 19.7 Å². The first-order valence-electron chi connectivity index (χ1n) is 8.73. The van der Waals surface area contributed by atoms with Crippen LogP contribution in [0.2, 0.25) is 5.02 Å². The lowest BCUT2D eigenvalue weighted by Gasteiger charge is -2.30. The average molecular weight is 507 g/mol. The van der Waals surface area contributed by atoms with Crippen LogP contribution >= 0.6 is 38.9 Å². The fourth-order valence-corrected chi connectivity index (χ4v) is 4.80. The lowest BCUT2D eigenvalue weighted by atomic mass is 10.0. The molecule has 0 saturated carbocycles. The second kappa shape index (κ2) is 8.17. The lowest BCUT2D eigenvalue weighted by molar-refractivity contribution is -0.384. The summed E-state index contributed by atoms with van der Waals surface area (Å²) in [6, 6.07) is 12.3. The largest absolute Gasteiger partial charge is 0.324 e. The number of nitrogens with zero attached hydrogens (tertiary/aromatic N) is 2. The number of nitrogens with one attached hydrogen (secondary N) is 1. The summed E-state index contributed by atoms with van der Waals surface area (Å²) in [6.07, 6.45) is 0. The molecule has 0 bridgehead atoms. The Labute approximate surface area is 188 Å². The number of nitro benzene ring substituents is 1. The predicted molar refractivity (Wildman–Crippen MR) is 118 cm³/mol.